The van der Waals surface area contributed by atoms with E-state index in [4.69, 9.17) is 0 Å². The monoisotopic (exact) mass is 398 g/mol. The lowest BCUT2D eigenvalue weighted by Gasteiger charge is -2.24. The van der Waals surface area contributed by atoms with Crippen molar-refractivity contribution in [3.8, 4) is 0 Å². The summed E-state index contributed by atoms with van der Waals surface area (Å²) in [6, 6.07) is 18.6. The quantitative estimate of drug-likeness (QED) is 0.534. The molecule has 3 aromatic carbocycles. The van der Waals surface area contributed by atoms with Crippen LogP contribution >= 0.6 is 0 Å². The van der Waals surface area contributed by atoms with Crippen molar-refractivity contribution in [2.75, 3.05) is 6.54 Å². The molecular weight excluding hydrogens is 376 g/mol. The van der Waals surface area contributed by atoms with E-state index >= 15 is 0 Å². The second kappa shape index (κ2) is 6.80. The Morgan fingerprint density at radius 1 is 1.00 bits per heavy atom. The van der Waals surface area contributed by atoms with Crippen LogP contribution in [0.25, 0.3) is 10.8 Å². The fraction of sp³-hybridized carbons (Fsp3) is 0.240. The number of amides is 3. The lowest BCUT2D eigenvalue weighted by atomic mass is 9.87. The molecule has 3 aromatic rings. The Morgan fingerprint density at radius 2 is 1.77 bits per heavy atom. The molecule has 150 valence electrons. The van der Waals surface area contributed by atoms with Gasteiger partial charge in [0.25, 0.3) is 5.91 Å². The minimum absolute atomic E-state index is 0.227. The molecule has 1 aliphatic heterocycles. The molecule has 0 radical (unpaired) electrons. The fourth-order valence-electron chi connectivity index (χ4n) is 4.66. The summed E-state index contributed by atoms with van der Waals surface area (Å²) in [5.74, 6) is -0.631. The number of nitrogens with zero attached hydrogens (tertiary/aromatic N) is 1. The summed E-state index contributed by atoms with van der Waals surface area (Å²) in [6.07, 6.45) is 3.11. The van der Waals surface area contributed by atoms with Crippen molar-refractivity contribution in [1.29, 1.82) is 0 Å². The average Bonchev–Trinajstić information content (AvgIpc) is 3.31. The molecule has 1 saturated heterocycles. The number of ketones is 1. The number of hydrogen-bond donors (Lipinski definition) is 1. The van der Waals surface area contributed by atoms with Gasteiger partial charge in [-0.2, -0.15) is 0 Å². The molecular formula is C25H22N2O3. The maximum atomic E-state index is 13.3. The standard InChI is InChI=1S/C25H22N2O3/c1-25(21-11-5-8-17-6-2-3-10-20(17)21)23(29)27(24(30)26-25)15-22(28)19-13-12-16-7-4-9-18(16)14-19/h2-3,5-6,8,10-14H,4,7,9,15H2,1H3,(H,26,30). The molecule has 1 fully saturated rings. The Labute approximate surface area is 174 Å². The number of benzene rings is 3. The van der Waals surface area contributed by atoms with E-state index in [0.29, 0.717) is 5.56 Å². The molecule has 0 saturated carbocycles. The molecule has 30 heavy (non-hydrogen) atoms. The lowest BCUT2D eigenvalue weighted by Crippen LogP contribution is -2.41. The Hall–Kier alpha value is -3.47. The molecule has 5 heteroatoms. The molecule has 0 bridgehead atoms. The van der Waals surface area contributed by atoms with E-state index in [9.17, 15) is 14.4 Å². The van der Waals surface area contributed by atoms with Crippen LogP contribution in [0.1, 0.15) is 40.4 Å². The van der Waals surface area contributed by atoms with Crippen LogP contribution in [-0.4, -0.2) is 29.2 Å². The third-order valence-corrected chi connectivity index (χ3v) is 6.33. The van der Waals surface area contributed by atoms with Crippen molar-refractivity contribution in [3.63, 3.8) is 0 Å². The van der Waals surface area contributed by atoms with Crippen LogP contribution in [0, 0.1) is 0 Å². The number of carbonyl (C=O) groups excluding carboxylic acids is 3. The molecule has 0 spiro atoms. The summed E-state index contributed by atoms with van der Waals surface area (Å²) in [4.78, 5) is 39.9. The molecule has 0 aromatic heterocycles. The minimum Gasteiger partial charge on any atom is -0.319 e. The highest BCUT2D eigenvalue weighted by molar-refractivity contribution is 6.12. The summed E-state index contributed by atoms with van der Waals surface area (Å²) < 4.78 is 0. The molecule has 1 unspecified atom stereocenters. The van der Waals surface area contributed by atoms with E-state index in [1.165, 1.54) is 11.1 Å². The van der Waals surface area contributed by atoms with Gasteiger partial charge in [0.15, 0.2) is 5.78 Å². The average molecular weight is 398 g/mol. The zero-order valence-electron chi connectivity index (χ0n) is 16.8. The van der Waals surface area contributed by atoms with Crippen LogP contribution in [-0.2, 0) is 23.2 Å². The zero-order valence-corrected chi connectivity index (χ0v) is 16.8. The van der Waals surface area contributed by atoms with Crippen molar-refractivity contribution < 1.29 is 14.4 Å². The number of urea groups is 1. The first-order chi connectivity index (χ1) is 14.5. The molecule has 1 N–H and O–H groups in total. The van der Waals surface area contributed by atoms with Crippen LogP contribution in [0.3, 0.4) is 0 Å². The molecule has 1 atom stereocenters. The molecule has 5 nitrogen and oxygen atoms in total. The first kappa shape index (κ1) is 18.6. The minimum atomic E-state index is -1.21. The van der Waals surface area contributed by atoms with Crippen LogP contribution in [0.2, 0.25) is 0 Å². The summed E-state index contributed by atoms with van der Waals surface area (Å²) >= 11 is 0. The Bertz CT molecular complexity index is 1210. The number of nitrogens with one attached hydrogen (secondary N) is 1. The smallest absolute Gasteiger partial charge is 0.319 e. The normalized spacial score (nSPS) is 20.5. The van der Waals surface area contributed by atoms with Gasteiger partial charge >= 0.3 is 6.03 Å². The van der Waals surface area contributed by atoms with Crippen LogP contribution in [0.15, 0.2) is 60.7 Å². The summed E-state index contributed by atoms with van der Waals surface area (Å²) in [5.41, 5.74) is 2.54. The Morgan fingerprint density at radius 3 is 2.63 bits per heavy atom. The number of imide groups is 1. The molecule has 2 aliphatic rings. The first-order valence-electron chi connectivity index (χ1n) is 10.2. The SMILES string of the molecule is CC1(c2cccc3ccccc23)NC(=O)N(CC(=O)c2ccc3c(c2)CCC3)C1=O. The van der Waals surface area contributed by atoms with Gasteiger partial charge in [0.2, 0.25) is 0 Å². The Kier molecular flexibility index (Phi) is 4.21. The highest BCUT2D eigenvalue weighted by Crippen LogP contribution is 2.34. The van der Waals surface area contributed by atoms with Crippen molar-refractivity contribution in [2.24, 2.45) is 0 Å². The largest absolute Gasteiger partial charge is 0.325 e. The number of aryl methyl sites for hydroxylation is 2. The number of fused-ring (bicyclic) bond motifs is 2. The number of Topliss-reactive ketones (excluding diaryl/α,β-unsaturated/α-hetero) is 1. The van der Waals surface area contributed by atoms with Crippen LogP contribution in [0.5, 0.6) is 0 Å². The summed E-state index contributed by atoms with van der Waals surface area (Å²) in [6.45, 7) is 1.44. The second-order valence-electron chi connectivity index (χ2n) is 8.23. The second-order valence-corrected chi connectivity index (χ2v) is 8.23. The summed E-state index contributed by atoms with van der Waals surface area (Å²) in [7, 11) is 0. The van der Waals surface area contributed by atoms with Gasteiger partial charge in [-0.25, -0.2) is 4.79 Å². The third-order valence-electron chi connectivity index (χ3n) is 6.33. The van der Waals surface area contributed by atoms with Crippen molar-refractivity contribution in [1.82, 2.24) is 10.2 Å². The van der Waals surface area contributed by atoms with Gasteiger partial charge < -0.3 is 5.32 Å². The van der Waals surface area contributed by atoms with Crippen molar-refractivity contribution in [2.45, 2.75) is 31.7 Å². The number of hydrogen-bond acceptors (Lipinski definition) is 3. The van der Waals surface area contributed by atoms with Gasteiger partial charge in [-0.3, -0.25) is 14.5 Å². The predicted molar refractivity (Wildman–Crippen MR) is 114 cm³/mol. The van der Waals surface area contributed by atoms with E-state index in [0.717, 1.165) is 40.5 Å². The number of rotatable bonds is 4. The first-order valence-corrected chi connectivity index (χ1v) is 10.2. The summed E-state index contributed by atoms with van der Waals surface area (Å²) in [5, 5.41) is 4.72. The highest BCUT2D eigenvalue weighted by Gasteiger charge is 2.50. The van der Waals surface area contributed by atoms with Crippen molar-refractivity contribution >= 4 is 28.5 Å². The van der Waals surface area contributed by atoms with E-state index in [1.807, 2.05) is 54.6 Å². The fourth-order valence-corrected chi connectivity index (χ4v) is 4.66. The van der Waals surface area contributed by atoms with E-state index in [2.05, 4.69) is 5.32 Å². The number of carbonyl (C=O) groups is 3. The van der Waals surface area contributed by atoms with Crippen LogP contribution < -0.4 is 5.32 Å². The van der Waals surface area contributed by atoms with Gasteiger partial charge in [0, 0.05) is 5.56 Å². The van der Waals surface area contributed by atoms with Crippen LogP contribution in [0.4, 0.5) is 4.79 Å². The van der Waals surface area contributed by atoms with E-state index in [-0.39, 0.29) is 12.3 Å². The van der Waals surface area contributed by atoms with E-state index < -0.39 is 17.5 Å². The Balaban J connectivity index is 1.45. The molecule has 3 amide bonds. The van der Waals surface area contributed by atoms with Crippen molar-refractivity contribution in [3.05, 3.63) is 82.9 Å². The maximum Gasteiger partial charge on any atom is 0.325 e. The highest BCUT2D eigenvalue weighted by atomic mass is 16.2. The van der Waals surface area contributed by atoms with Gasteiger partial charge in [-0.15, -0.1) is 0 Å². The third kappa shape index (κ3) is 2.81. The molecule has 1 heterocycles. The van der Waals surface area contributed by atoms with Gasteiger partial charge in [-0.1, -0.05) is 54.6 Å². The van der Waals surface area contributed by atoms with E-state index in [1.54, 1.807) is 13.0 Å². The predicted octanol–water partition coefficient (Wildman–Crippen LogP) is 3.98. The van der Waals surface area contributed by atoms with Gasteiger partial charge in [0.1, 0.15) is 5.54 Å². The van der Waals surface area contributed by atoms with Gasteiger partial charge in [-0.05, 0) is 59.7 Å². The lowest BCUT2D eigenvalue weighted by molar-refractivity contribution is -0.130. The zero-order chi connectivity index (χ0) is 20.9. The van der Waals surface area contributed by atoms with Gasteiger partial charge in [0.05, 0.1) is 6.54 Å². The maximum absolute atomic E-state index is 13.3. The molecule has 5 rings (SSSR count). The molecule has 1 aliphatic carbocycles. The topological polar surface area (TPSA) is 66.5 Å².